The highest BCUT2D eigenvalue weighted by Crippen LogP contribution is 2.55. The minimum Gasteiger partial charge on any atom is -0.387 e. The molecule has 0 radical (unpaired) electrons. The van der Waals surface area contributed by atoms with E-state index in [9.17, 15) is 24.2 Å². The topological polar surface area (TPSA) is 188 Å². The van der Waals surface area contributed by atoms with Gasteiger partial charge in [-0.15, -0.1) is 0 Å². The molecule has 5 N–H and O–H groups in total. The SMILES string of the molecule is CN(c1cc(Cl)nc2c1cnn2C1OC(COP(=O)(O)CP(=O)(O)O)C(O)C1O)[C@@H]1CCc2ccccc21. The molecular formula is C22H27ClN4O9P2. The second-order valence-corrected chi connectivity index (χ2v) is 13.8. The Labute approximate surface area is 222 Å². The monoisotopic (exact) mass is 588 g/mol. The van der Waals surface area contributed by atoms with Crippen molar-refractivity contribution < 1.29 is 43.3 Å². The van der Waals surface area contributed by atoms with E-state index >= 15 is 0 Å². The lowest BCUT2D eigenvalue weighted by molar-refractivity contribution is -0.0541. The van der Waals surface area contributed by atoms with Crippen LogP contribution in [-0.2, 0) is 24.8 Å². The van der Waals surface area contributed by atoms with E-state index in [-0.39, 0.29) is 16.8 Å². The van der Waals surface area contributed by atoms with E-state index in [0.717, 1.165) is 18.5 Å². The van der Waals surface area contributed by atoms with Gasteiger partial charge in [-0.05, 0) is 30.0 Å². The van der Waals surface area contributed by atoms with Gasteiger partial charge in [0.05, 0.1) is 29.9 Å². The molecule has 3 aromatic rings. The number of hydrogen-bond acceptors (Lipinski definition) is 9. The third-order valence-electron chi connectivity index (χ3n) is 6.84. The largest absolute Gasteiger partial charge is 0.387 e. The predicted molar refractivity (Wildman–Crippen MR) is 137 cm³/mol. The van der Waals surface area contributed by atoms with Crippen LogP contribution in [0.25, 0.3) is 11.0 Å². The van der Waals surface area contributed by atoms with Crippen LogP contribution < -0.4 is 4.90 Å². The molecular weight excluding hydrogens is 562 g/mol. The number of anilines is 1. The number of benzene rings is 1. The van der Waals surface area contributed by atoms with Gasteiger partial charge in [-0.2, -0.15) is 5.10 Å². The Kier molecular flexibility index (Phi) is 7.47. The number of pyridine rings is 1. The molecule has 0 bridgehead atoms. The normalized spacial score (nSPS) is 27.0. The Morgan fingerprint density at radius 1 is 1.21 bits per heavy atom. The second-order valence-electron chi connectivity index (χ2n) is 9.44. The zero-order chi connectivity index (χ0) is 27.4. The zero-order valence-electron chi connectivity index (χ0n) is 20.1. The van der Waals surface area contributed by atoms with Gasteiger partial charge in [0.15, 0.2) is 17.8 Å². The fourth-order valence-electron chi connectivity index (χ4n) is 5.09. The van der Waals surface area contributed by atoms with Crippen LogP contribution in [0.5, 0.6) is 0 Å². The summed E-state index contributed by atoms with van der Waals surface area (Å²) in [6.07, 6.45) is -2.18. The van der Waals surface area contributed by atoms with Crippen molar-refractivity contribution in [2.75, 3.05) is 24.5 Å². The van der Waals surface area contributed by atoms with Crippen LogP contribution in [0.1, 0.15) is 29.8 Å². The van der Waals surface area contributed by atoms with Gasteiger partial charge in [-0.1, -0.05) is 35.9 Å². The van der Waals surface area contributed by atoms with Crippen LogP contribution in [0.2, 0.25) is 5.15 Å². The van der Waals surface area contributed by atoms with Crippen LogP contribution >= 0.6 is 26.8 Å². The number of rotatable bonds is 8. The number of halogens is 1. The molecule has 1 aromatic carbocycles. The lowest BCUT2D eigenvalue weighted by Gasteiger charge is -2.28. The first-order valence-corrected chi connectivity index (χ1v) is 15.7. The summed E-state index contributed by atoms with van der Waals surface area (Å²) < 4.78 is 34.8. The molecule has 1 aliphatic heterocycles. The first-order valence-electron chi connectivity index (χ1n) is 11.7. The zero-order valence-corrected chi connectivity index (χ0v) is 22.7. The van der Waals surface area contributed by atoms with E-state index in [1.807, 2.05) is 19.2 Å². The third kappa shape index (κ3) is 5.41. The molecule has 0 saturated carbocycles. The number of fused-ring (bicyclic) bond motifs is 2. The Balaban J connectivity index is 1.40. The molecule has 206 valence electrons. The summed E-state index contributed by atoms with van der Waals surface area (Å²) in [5.41, 5.74) is 3.57. The van der Waals surface area contributed by atoms with Gasteiger partial charge in [0, 0.05) is 7.05 Å². The molecule has 13 nitrogen and oxygen atoms in total. The van der Waals surface area contributed by atoms with Crippen molar-refractivity contribution in [3.8, 4) is 0 Å². The summed E-state index contributed by atoms with van der Waals surface area (Å²) in [4.78, 5) is 34.1. The fourth-order valence-corrected chi connectivity index (χ4v) is 7.84. The fraction of sp³-hybridized carbons (Fsp3) is 0.455. The minimum absolute atomic E-state index is 0.107. The summed E-state index contributed by atoms with van der Waals surface area (Å²) in [7, 11) is -7.56. The van der Waals surface area contributed by atoms with E-state index < -0.39 is 52.2 Å². The summed E-state index contributed by atoms with van der Waals surface area (Å²) >= 11 is 6.38. The minimum atomic E-state index is -4.83. The first-order chi connectivity index (χ1) is 17.8. The maximum absolute atomic E-state index is 12.0. The lowest BCUT2D eigenvalue weighted by atomic mass is 10.1. The van der Waals surface area contributed by atoms with Crippen molar-refractivity contribution in [3.05, 3.63) is 52.8 Å². The second kappa shape index (κ2) is 10.3. The molecule has 5 rings (SSSR count). The Morgan fingerprint density at radius 3 is 2.68 bits per heavy atom. The van der Waals surface area contributed by atoms with Crippen LogP contribution in [0.3, 0.4) is 0 Å². The van der Waals surface area contributed by atoms with Gasteiger partial charge in [-0.3, -0.25) is 9.13 Å². The number of aliphatic hydroxyl groups excluding tert-OH is 2. The van der Waals surface area contributed by atoms with Gasteiger partial charge in [0.2, 0.25) is 0 Å². The van der Waals surface area contributed by atoms with Crippen LogP contribution in [0, 0.1) is 0 Å². The molecule has 2 aliphatic rings. The number of aromatic nitrogens is 3. The van der Waals surface area contributed by atoms with E-state index in [4.69, 9.17) is 30.6 Å². The lowest BCUT2D eigenvalue weighted by Crippen LogP contribution is -2.33. The third-order valence-corrected chi connectivity index (χ3v) is 10.5. The van der Waals surface area contributed by atoms with E-state index in [1.165, 1.54) is 15.8 Å². The van der Waals surface area contributed by atoms with E-state index in [2.05, 4.69) is 27.1 Å². The maximum atomic E-state index is 12.0. The molecule has 16 heteroatoms. The Morgan fingerprint density at radius 2 is 1.95 bits per heavy atom. The number of hydrogen-bond donors (Lipinski definition) is 5. The summed E-state index contributed by atoms with van der Waals surface area (Å²) in [6, 6.07) is 10.1. The molecule has 1 fully saturated rings. The summed E-state index contributed by atoms with van der Waals surface area (Å²) in [6.45, 7) is -0.703. The first kappa shape index (κ1) is 27.7. The molecule has 1 saturated heterocycles. The van der Waals surface area contributed by atoms with Crippen molar-refractivity contribution in [3.63, 3.8) is 0 Å². The van der Waals surface area contributed by atoms with Gasteiger partial charge in [-0.25, -0.2) is 9.67 Å². The number of ether oxygens (including phenoxy) is 1. The molecule has 3 heterocycles. The van der Waals surface area contributed by atoms with E-state index in [1.54, 1.807) is 12.3 Å². The standard InChI is InChI=1S/C22H27ClN4O9P2/c1-26(15-7-6-12-4-2-3-5-13(12)15)16-8-18(23)25-21-14(16)9-24-27(21)22-20(29)19(28)17(36-22)10-35-38(33,34)11-37(30,31)32/h2-5,8-9,15,17,19-20,22,28-29H,6-7,10-11H2,1H3,(H,33,34)(H2,30,31,32)/t15-,17?,19?,20?,22?/m1/s1. The quantitative estimate of drug-likeness (QED) is 0.191. The highest BCUT2D eigenvalue weighted by molar-refractivity contribution is 7.70. The van der Waals surface area contributed by atoms with Gasteiger partial charge in [0.1, 0.15) is 23.5 Å². The van der Waals surface area contributed by atoms with Gasteiger partial charge in [0.25, 0.3) is 0 Å². The highest BCUT2D eigenvalue weighted by atomic mass is 35.5. The average Bonchev–Trinajstić information content (AvgIpc) is 3.52. The van der Waals surface area contributed by atoms with Gasteiger partial charge < -0.3 is 39.1 Å². The summed E-state index contributed by atoms with van der Waals surface area (Å²) in [5.74, 6) is -1.39. The smallest absolute Gasteiger partial charge is 0.340 e. The molecule has 0 spiro atoms. The molecule has 5 unspecified atom stereocenters. The van der Waals surface area contributed by atoms with Crippen LogP contribution in [0.15, 0.2) is 36.5 Å². The van der Waals surface area contributed by atoms with Gasteiger partial charge >= 0.3 is 15.2 Å². The van der Waals surface area contributed by atoms with Crippen molar-refractivity contribution >= 4 is 43.5 Å². The van der Waals surface area contributed by atoms with Crippen molar-refractivity contribution in [2.24, 2.45) is 0 Å². The average molecular weight is 589 g/mol. The maximum Gasteiger partial charge on any atom is 0.340 e. The Bertz CT molecular complexity index is 1450. The number of nitrogens with zero attached hydrogens (tertiary/aromatic N) is 4. The molecule has 0 amide bonds. The highest BCUT2D eigenvalue weighted by Gasteiger charge is 2.46. The molecule has 2 aromatic heterocycles. The molecule has 6 atom stereocenters. The summed E-state index contributed by atoms with van der Waals surface area (Å²) in [5, 5.41) is 26.3. The number of aryl methyl sites for hydroxylation is 1. The number of aliphatic hydroxyl groups is 2. The van der Waals surface area contributed by atoms with Crippen molar-refractivity contribution in [1.29, 1.82) is 0 Å². The Hall–Kier alpha value is -1.89. The van der Waals surface area contributed by atoms with Crippen molar-refractivity contribution in [1.82, 2.24) is 14.8 Å². The van der Waals surface area contributed by atoms with Crippen LogP contribution in [0.4, 0.5) is 5.69 Å². The van der Waals surface area contributed by atoms with Crippen molar-refractivity contribution in [2.45, 2.75) is 43.4 Å². The predicted octanol–water partition coefficient (Wildman–Crippen LogP) is 2.16. The van der Waals surface area contributed by atoms with E-state index in [0.29, 0.717) is 5.39 Å². The van der Waals surface area contributed by atoms with Crippen LogP contribution in [-0.4, -0.2) is 77.5 Å². The molecule has 1 aliphatic carbocycles. The molecule has 38 heavy (non-hydrogen) atoms.